The average Bonchev–Trinajstić information content (AvgIpc) is 2.35. The van der Waals surface area contributed by atoms with Crippen molar-refractivity contribution in [1.29, 1.82) is 0 Å². The molecule has 1 aliphatic carbocycles. The molecule has 0 amide bonds. The summed E-state index contributed by atoms with van der Waals surface area (Å²) in [5, 5.41) is 0. The maximum atomic E-state index is 11.3. The molecule has 0 saturated heterocycles. The fourth-order valence-electron chi connectivity index (χ4n) is 1.49. The number of benzene rings is 1. The molecule has 1 aromatic carbocycles. The van der Waals surface area contributed by atoms with E-state index in [1.54, 1.807) is 0 Å². The van der Waals surface area contributed by atoms with Gasteiger partial charge >= 0.3 is 0 Å². The van der Waals surface area contributed by atoms with Crippen LogP contribution in [-0.2, 0) is 6.42 Å². The Balaban J connectivity index is 2.63. The number of carbonyl (C=O) groups excluding carboxylic acids is 1. The van der Waals surface area contributed by atoms with Crippen molar-refractivity contribution in [1.82, 2.24) is 0 Å². The van der Waals surface area contributed by atoms with Crippen LogP contribution in [0.3, 0.4) is 0 Å². The molecule has 0 saturated carbocycles. The van der Waals surface area contributed by atoms with Crippen LogP contribution in [0, 0.1) is 0 Å². The molecule has 62 valence electrons. The van der Waals surface area contributed by atoms with E-state index < -0.39 is 0 Å². The monoisotopic (exact) mass is 225 g/mol. The van der Waals surface area contributed by atoms with Crippen molar-refractivity contribution in [2.45, 2.75) is 12.8 Å². The zero-order valence-electron chi connectivity index (χ0n) is 6.43. The molecule has 0 spiro atoms. The normalized spacial score (nSPS) is 14.9. The first-order valence-electron chi connectivity index (χ1n) is 3.79. The van der Waals surface area contributed by atoms with E-state index in [0.717, 1.165) is 22.0 Å². The minimum atomic E-state index is 0.228. The van der Waals surface area contributed by atoms with E-state index in [2.05, 4.69) is 15.9 Å². The Morgan fingerprint density at radius 3 is 2.83 bits per heavy atom. The molecule has 2 N–H and O–H groups in total. The molecular formula is C9H8BrNO. The minimum Gasteiger partial charge on any atom is -0.398 e. The first-order valence-corrected chi connectivity index (χ1v) is 4.59. The standard InChI is InChI=1S/C9H8BrNO/c10-7-4-6-5(3-8(7)11)1-2-9(6)12/h3-4H,1-2,11H2. The summed E-state index contributed by atoms with van der Waals surface area (Å²) in [7, 11) is 0. The fraction of sp³-hybridized carbons (Fsp3) is 0.222. The van der Waals surface area contributed by atoms with Crippen molar-refractivity contribution >= 4 is 27.4 Å². The molecule has 2 nitrogen and oxygen atoms in total. The molecule has 12 heavy (non-hydrogen) atoms. The Bertz CT molecular complexity index is 360. The van der Waals surface area contributed by atoms with Crippen LogP contribution in [0.5, 0.6) is 0 Å². The van der Waals surface area contributed by atoms with Gasteiger partial charge < -0.3 is 5.73 Å². The molecule has 0 radical (unpaired) electrons. The Labute approximate surface area is 78.9 Å². The van der Waals surface area contributed by atoms with Crippen molar-refractivity contribution in [2.75, 3.05) is 5.73 Å². The van der Waals surface area contributed by atoms with Crippen LogP contribution in [0.25, 0.3) is 0 Å². The van der Waals surface area contributed by atoms with Gasteiger partial charge in [0, 0.05) is 22.1 Å². The lowest BCUT2D eigenvalue weighted by atomic mass is 10.1. The number of aryl methyl sites for hydroxylation is 1. The number of Topliss-reactive ketones (excluding diaryl/α,β-unsaturated/α-hetero) is 1. The Hall–Kier alpha value is -0.830. The molecule has 3 heteroatoms. The molecule has 0 bridgehead atoms. The van der Waals surface area contributed by atoms with E-state index in [1.165, 1.54) is 0 Å². The molecule has 1 aliphatic rings. The van der Waals surface area contributed by atoms with E-state index in [4.69, 9.17) is 5.73 Å². The predicted molar refractivity (Wildman–Crippen MR) is 51.2 cm³/mol. The van der Waals surface area contributed by atoms with Gasteiger partial charge in [0.1, 0.15) is 0 Å². The SMILES string of the molecule is Nc1cc2c(cc1Br)C(=O)CC2. The minimum absolute atomic E-state index is 0.228. The number of hydrogen-bond donors (Lipinski definition) is 1. The third kappa shape index (κ3) is 1.05. The van der Waals surface area contributed by atoms with Gasteiger partial charge in [-0.1, -0.05) is 0 Å². The highest BCUT2D eigenvalue weighted by atomic mass is 79.9. The number of fused-ring (bicyclic) bond motifs is 1. The molecule has 0 atom stereocenters. The summed E-state index contributed by atoms with van der Waals surface area (Å²) >= 11 is 3.30. The summed E-state index contributed by atoms with van der Waals surface area (Å²) in [5.41, 5.74) is 8.31. The number of halogens is 1. The first kappa shape index (κ1) is 7.80. The maximum Gasteiger partial charge on any atom is 0.163 e. The number of hydrogen-bond acceptors (Lipinski definition) is 2. The lowest BCUT2D eigenvalue weighted by Crippen LogP contribution is -1.94. The molecule has 0 fully saturated rings. The Morgan fingerprint density at radius 1 is 1.33 bits per heavy atom. The van der Waals surface area contributed by atoms with Gasteiger partial charge in [-0.3, -0.25) is 4.79 Å². The zero-order chi connectivity index (χ0) is 8.72. The Kier molecular flexibility index (Phi) is 1.68. The predicted octanol–water partition coefficient (Wildman–Crippen LogP) is 2.16. The molecule has 0 unspecified atom stereocenters. The van der Waals surface area contributed by atoms with Gasteiger partial charge in [0.2, 0.25) is 0 Å². The summed E-state index contributed by atoms with van der Waals surface area (Å²) in [4.78, 5) is 11.3. The smallest absolute Gasteiger partial charge is 0.163 e. The Morgan fingerprint density at radius 2 is 2.08 bits per heavy atom. The van der Waals surface area contributed by atoms with Crippen LogP contribution < -0.4 is 5.73 Å². The van der Waals surface area contributed by atoms with Crippen LogP contribution in [0.4, 0.5) is 5.69 Å². The van der Waals surface area contributed by atoms with Crippen LogP contribution in [-0.4, -0.2) is 5.78 Å². The number of anilines is 1. The van der Waals surface area contributed by atoms with Crippen molar-refractivity contribution in [3.05, 3.63) is 27.7 Å². The first-order chi connectivity index (χ1) is 5.68. The van der Waals surface area contributed by atoms with Gasteiger partial charge in [0.25, 0.3) is 0 Å². The van der Waals surface area contributed by atoms with Crippen molar-refractivity contribution in [3.63, 3.8) is 0 Å². The summed E-state index contributed by atoms with van der Waals surface area (Å²) in [6.45, 7) is 0. The lowest BCUT2D eigenvalue weighted by Gasteiger charge is -2.01. The van der Waals surface area contributed by atoms with Crippen molar-refractivity contribution in [3.8, 4) is 0 Å². The highest BCUT2D eigenvalue weighted by Gasteiger charge is 2.20. The van der Waals surface area contributed by atoms with E-state index in [0.29, 0.717) is 12.1 Å². The maximum absolute atomic E-state index is 11.3. The van der Waals surface area contributed by atoms with Gasteiger partial charge in [-0.25, -0.2) is 0 Å². The summed E-state index contributed by atoms with van der Waals surface area (Å²) in [5.74, 6) is 0.228. The fourth-order valence-corrected chi connectivity index (χ4v) is 1.83. The second-order valence-electron chi connectivity index (χ2n) is 2.95. The van der Waals surface area contributed by atoms with Crippen LogP contribution >= 0.6 is 15.9 Å². The number of rotatable bonds is 0. The van der Waals surface area contributed by atoms with E-state index in [9.17, 15) is 4.79 Å². The third-order valence-electron chi connectivity index (χ3n) is 2.14. The number of nitrogen functional groups attached to an aromatic ring is 1. The van der Waals surface area contributed by atoms with Gasteiger partial charge in [-0.05, 0) is 40.0 Å². The lowest BCUT2D eigenvalue weighted by molar-refractivity contribution is 0.0994. The van der Waals surface area contributed by atoms with Gasteiger partial charge in [-0.2, -0.15) is 0 Å². The third-order valence-corrected chi connectivity index (χ3v) is 2.83. The second kappa shape index (κ2) is 2.59. The number of ketones is 1. The van der Waals surface area contributed by atoms with Crippen molar-refractivity contribution in [2.24, 2.45) is 0 Å². The van der Waals surface area contributed by atoms with E-state index in [-0.39, 0.29) is 5.78 Å². The van der Waals surface area contributed by atoms with Gasteiger partial charge in [0.05, 0.1) is 0 Å². The highest BCUT2D eigenvalue weighted by molar-refractivity contribution is 9.10. The van der Waals surface area contributed by atoms with E-state index in [1.807, 2.05) is 12.1 Å². The average molecular weight is 226 g/mol. The molecule has 2 rings (SSSR count). The molecule has 0 aromatic heterocycles. The summed E-state index contributed by atoms with van der Waals surface area (Å²) in [6.07, 6.45) is 1.47. The quantitative estimate of drug-likeness (QED) is 0.689. The van der Waals surface area contributed by atoms with Gasteiger partial charge in [-0.15, -0.1) is 0 Å². The van der Waals surface area contributed by atoms with Gasteiger partial charge in [0.15, 0.2) is 5.78 Å². The topological polar surface area (TPSA) is 43.1 Å². The van der Waals surface area contributed by atoms with E-state index >= 15 is 0 Å². The van der Waals surface area contributed by atoms with Crippen LogP contribution in [0.1, 0.15) is 22.3 Å². The second-order valence-corrected chi connectivity index (χ2v) is 3.81. The highest BCUT2D eigenvalue weighted by Crippen LogP contribution is 2.29. The molecule has 0 aliphatic heterocycles. The van der Waals surface area contributed by atoms with Crippen molar-refractivity contribution < 1.29 is 4.79 Å². The van der Waals surface area contributed by atoms with Crippen LogP contribution in [0.15, 0.2) is 16.6 Å². The number of nitrogens with two attached hydrogens (primary N) is 1. The molecule has 1 aromatic rings. The summed E-state index contributed by atoms with van der Waals surface area (Å²) < 4.78 is 0.816. The van der Waals surface area contributed by atoms with Crippen LogP contribution in [0.2, 0.25) is 0 Å². The number of carbonyl (C=O) groups is 1. The molecular weight excluding hydrogens is 218 g/mol. The largest absolute Gasteiger partial charge is 0.398 e. The molecule has 0 heterocycles. The summed E-state index contributed by atoms with van der Waals surface area (Å²) in [6, 6.07) is 3.70. The zero-order valence-corrected chi connectivity index (χ0v) is 8.02.